The first-order valence-electron chi connectivity index (χ1n) is 5.04. The third kappa shape index (κ3) is 3.96. The van der Waals surface area contributed by atoms with E-state index in [9.17, 15) is 15.2 Å². The summed E-state index contributed by atoms with van der Waals surface area (Å²) in [6.07, 6.45) is 0.616. The molecule has 0 heterocycles. The lowest BCUT2D eigenvalue weighted by molar-refractivity contribution is -0.384. The predicted octanol–water partition coefficient (Wildman–Crippen LogP) is 1.53. The Kier molecular flexibility index (Phi) is 4.88. The Balaban J connectivity index is 2.54. The maximum Gasteiger partial charge on any atom is 0.269 e. The summed E-state index contributed by atoms with van der Waals surface area (Å²) < 4.78 is 4.80. The summed E-state index contributed by atoms with van der Waals surface area (Å²) in [4.78, 5) is 10.1. The smallest absolute Gasteiger partial charge is 0.269 e. The second kappa shape index (κ2) is 6.19. The molecule has 1 aromatic rings. The molecular weight excluding hydrogens is 210 g/mol. The van der Waals surface area contributed by atoms with E-state index >= 15 is 0 Å². The fourth-order valence-corrected chi connectivity index (χ4v) is 1.43. The summed E-state index contributed by atoms with van der Waals surface area (Å²) in [6, 6.07) is 6.44. The Hall–Kier alpha value is -1.46. The number of nitro groups is 1. The minimum Gasteiger partial charge on any atom is -0.391 e. The number of rotatable bonds is 6. The first-order valence-corrected chi connectivity index (χ1v) is 5.04. The van der Waals surface area contributed by atoms with Gasteiger partial charge < -0.3 is 9.84 Å². The molecule has 0 aliphatic heterocycles. The molecule has 1 unspecified atom stereocenters. The van der Waals surface area contributed by atoms with Crippen LogP contribution in [0.2, 0.25) is 0 Å². The number of methoxy groups -OCH3 is 1. The molecule has 1 rings (SSSR count). The predicted molar refractivity (Wildman–Crippen MR) is 59.3 cm³/mol. The van der Waals surface area contributed by atoms with Crippen molar-refractivity contribution in [2.75, 3.05) is 13.7 Å². The summed E-state index contributed by atoms with van der Waals surface area (Å²) in [5.74, 6) is 0. The molecule has 0 saturated heterocycles. The first kappa shape index (κ1) is 12.6. The fraction of sp³-hybridized carbons (Fsp3) is 0.455. The zero-order valence-corrected chi connectivity index (χ0v) is 9.13. The quantitative estimate of drug-likeness (QED) is 0.588. The van der Waals surface area contributed by atoms with Crippen LogP contribution in [0.4, 0.5) is 5.69 Å². The van der Waals surface area contributed by atoms with Crippen LogP contribution in [0, 0.1) is 10.1 Å². The van der Waals surface area contributed by atoms with Crippen LogP contribution in [-0.2, 0) is 11.2 Å². The van der Waals surface area contributed by atoms with E-state index in [0.29, 0.717) is 12.8 Å². The Morgan fingerprint density at radius 1 is 1.56 bits per heavy atom. The highest BCUT2D eigenvalue weighted by Gasteiger charge is 2.07. The van der Waals surface area contributed by atoms with Crippen molar-refractivity contribution in [1.29, 1.82) is 0 Å². The average Bonchev–Trinajstić information content (AvgIpc) is 2.27. The molecule has 16 heavy (non-hydrogen) atoms. The molecule has 1 N–H and O–H groups in total. The number of benzene rings is 1. The topological polar surface area (TPSA) is 72.6 Å². The van der Waals surface area contributed by atoms with Crippen molar-refractivity contribution in [2.24, 2.45) is 0 Å². The summed E-state index contributed by atoms with van der Waals surface area (Å²) in [5, 5.41) is 20.0. The Labute approximate surface area is 93.8 Å². The molecule has 0 spiro atoms. The van der Waals surface area contributed by atoms with Gasteiger partial charge in [0.05, 0.1) is 17.6 Å². The van der Waals surface area contributed by atoms with E-state index in [1.54, 1.807) is 6.07 Å². The molecule has 1 atom stereocenters. The lowest BCUT2D eigenvalue weighted by Crippen LogP contribution is -2.14. The van der Waals surface area contributed by atoms with Crippen molar-refractivity contribution in [3.63, 3.8) is 0 Å². The first-order chi connectivity index (χ1) is 7.63. The van der Waals surface area contributed by atoms with Gasteiger partial charge in [-0.05, 0) is 18.4 Å². The summed E-state index contributed by atoms with van der Waals surface area (Å²) in [6.45, 7) is 0.287. The third-order valence-electron chi connectivity index (χ3n) is 2.25. The van der Waals surface area contributed by atoms with Crippen molar-refractivity contribution < 1.29 is 14.8 Å². The van der Waals surface area contributed by atoms with Crippen LogP contribution in [0.1, 0.15) is 12.0 Å². The number of ether oxygens (including phenoxy) is 1. The zero-order valence-electron chi connectivity index (χ0n) is 9.13. The second-order valence-corrected chi connectivity index (χ2v) is 3.57. The number of nitro benzene ring substituents is 1. The van der Waals surface area contributed by atoms with Crippen molar-refractivity contribution in [3.05, 3.63) is 39.9 Å². The fourth-order valence-electron chi connectivity index (χ4n) is 1.43. The minimum absolute atomic E-state index is 0.0822. The molecule has 5 nitrogen and oxygen atoms in total. The van der Waals surface area contributed by atoms with Gasteiger partial charge in [0.2, 0.25) is 0 Å². The van der Waals surface area contributed by atoms with Gasteiger partial charge in [0.15, 0.2) is 0 Å². The molecule has 0 fully saturated rings. The molecule has 0 aliphatic rings. The zero-order chi connectivity index (χ0) is 12.0. The van der Waals surface area contributed by atoms with E-state index in [4.69, 9.17) is 4.74 Å². The SMILES string of the molecule is COCC(O)CCc1cccc([N+](=O)[O-])c1. The number of aliphatic hydroxyl groups excluding tert-OH is 1. The highest BCUT2D eigenvalue weighted by molar-refractivity contribution is 5.34. The highest BCUT2D eigenvalue weighted by Crippen LogP contribution is 2.14. The summed E-state index contributed by atoms with van der Waals surface area (Å²) in [7, 11) is 1.52. The van der Waals surface area contributed by atoms with Gasteiger partial charge >= 0.3 is 0 Å². The van der Waals surface area contributed by atoms with Gasteiger partial charge in [0.1, 0.15) is 0 Å². The van der Waals surface area contributed by atoms with Gasteiger partial charge in [-0.15, -0.1) is 0 Å². The molecule has 88 valence electrons. The van der Waals surface area contributed by atoms with Gasteiger partial charge in [-0.2, -0.15) is 0 Å². The molecular formula is C11H15NO4. The van der Waals surface area contributed by atoms with Gasteiger partial charge in [0, 0.05) is 19.2 Å². The number of hydrogen-bond acceptors (Lipinski definition) is 4. The normalized spacial score (nSPS) is 12.4. The van der Waals surface area contributed by atoms with E-state index in [2.05, 4.69) is 0 Å². The average molecular weight is 225 g/mol. The summed E-state index contributed by atoms with van der Waals surface area (Å²) >= 11 is 0. The van der Waals surface area contributed by atoms with Gasteiger partial charge in [-0.1, -0.05) is 12.1 Å². The van der Waals surface area contributed by atoms with E-state index in [0.717, 1.165) is 5.56 Å². The number of nitrogens with zero attached hydrogens (tertiary/aromatic N) is 1. The molecule has 0 amide bonds. The van der Waals surface area contributed by atoms with Crippen LogP contribution in [0.25, 0.3) is 0 Å². The number of aryl methyl sites for hydroxylation is 1. The Bertz CT molecular complexity index is 354. The van der Waals surface area contributed by atoms with E-state index in [-0.39, 0.29) is 12.3 Å². The van der Waals surface area contributed by atoms with Crippen molar-refractivity contribution in [1.82, 2.24) is 0 Å². The number of hydrogen-bond donors (Lipinski definition) is 1. The van der Waals surface area contributed by atoms with Gasteiger partial charge in [0.25, 0.3) is 5.69 Å². The molecule has 0 saturated carbocycles. The third-order valence-corrected chi connectivity index (χ3v) is 2.25. The standard InChI is InChI=1S/C11H15NO4/c1-16-8-11(13)6-5-9-3-2-4-10(7-9)12(14)15/h2-4,7,11,13H,5-6,8H2,1H3. The van der Waals surface area contributed by atoms with Crippen LogP contribution < -0.4 is 0 Å². The molecule has 0 aliphatic carbocycles. The Morgan fingerprint density at radius 3 is 2.94 bits per heavy atom. The van der Waals surface area contributed by atoms with Crippen LogP contribution in [0.5, 0.6) is 0 Å². The van der Waals surface area contributed by atoms with Crippen molar-refractivity contribution in [3.8, 4) is 0 Å². The van der Waals surface area contributed by atoms with Crippen molar-refractivity contribution >= 4 is 5.69 Å². The maximum absolute atomic E-state index is 10.5. The van der Waals surface area contributed by atoms with Crippen LogP contribution in [0.15, 0.2) is 24.3 Å². The maximum atomic E-state index is 10.5. The highest BCUT2D eigenvalue weighted by atomic mass is 16.6. The second-order valence-electron chi connectivity index (χ2n) is 3.57. The lowest BCUT2D eigenvalue weighted by Gasteiger charge is -2.08. The summed E-state index contributed by atoms with van der Waals surface area (Å²) in [5.41, 5.74) is 0.933. The largest absolute Gasteiger partial charge is 0.391 e. The van der Waals surface area contributed by atoms with Crippen LogP contribution in [0.3, 0.4) is 0 Å². The van der Waals surface area contributed by atoms with Gasteiger partial charge in [-0.25, -0.2) is 0 Å². The molecule has 5 heteroatoms. The van der Waals surface area contributed by atoms with Crippen LogP contribution >= 0.6 is 0 Å². The van der Waals surface area contributed by atoms with E-state index in [1.165, 1.54) is 19.2 Å². The Morgan fingerprint density at radius 2 is 2.31 bits per heavy atom. The lowest BCUT2D eigenvalue weighted by atomic mass is 10.1. The van der Waals surface area contributed by atoms with Crippen molar-refractivity contribution in [2.45, 2.75) is 18.9 Å². The van der Waals surface area contributed by atoms with E-state index in [1.807, 2.05) is 6.07 Å². The van der Waals surface area contributed by atoms with E-state index < -0.39 is 11.0 Å². The monoisotopic (exact) mass is 225 g/mol. The molecule has 0 aromatic heterocycles. The number of aliphatic hydroxyl groups is 1. The van der Waals surface area contributed by atoms with Crippen LogP contribution in [-0.4, -0.2) is 29.9 Å². The molecule has 1 aromatic carbocycles. The van der Waals surface area contributed by atoms with Gasteiger partial charge in [-0.3, -0.25) is 10.1 Å². The number of non-ortho nitro benzene ring substituents is 1. The molecule has 0 bridgehead atoms. The molecule has 0 radical (unpaired) electrons. The minimum atomic E-state index is -0.524.